The smallest absolute Gasteiger partial charge is 0.224 e. The van der Waals surface area contributed by atoms with Gasteiger partial charge in [0.15, 0.2) is 0 Å². The van der Waals surface area contributed by atoms with E-state index in [0.29, 0.717) is 11.6 Å². The van der Waals surface area contributed by atoms with E-state index in [1.165, 1.54) is 0 Å². The standard InChI is InChI=1S/C11H18ClN3O/c1-3-4-5-13-11(16)9(2)7-15-8-10(12)6-14-15/h6,8-9H,3-5,7H2,1-2H3,(H,13,16)/t9-/m1/s1. The van der Waals surface area contributed by atoms with Gasteiger partial charge < -0.3 is 5.32 Å². The molecule has 0 aliphatic carbocycles. The second-order valence-corrected chi connectivity index (χ2v) is 4.36. The first-order chi connectivity index (χ1) is 7.63. The van der Waals surface area contributed by atoms with Gasteiger partial charge in [0.1, 0.15) is 0 Å². The first-order valence-corrected chi connectivity index (χ1v) is 5.97. The Morgan fingerprint density at radius 3 is 3.00 bits per heavy atom. The van der Waals surface area contributed by atoms with E-state index in [2.05, 4.69) is 17.3 Å². The molecule has 1 heterocycles. The summed E-state index contributed by atoms with van der Waals surface area (Å²) in [6.07, 6.45) is 5.40. The van der Waals surface area contributed by atoms with Gasteiger partial charge >= 0.3 is 0 Å². The van der Waals surface area contributed by atoms with Crippen molar-refractivity contribution in [3.05, 3.63) is 17.4 Å². The molecule has 1 N–H and O–H groups in total. The Labute approximate surface area is 101 Å². The molecule has 5 heteroatoms. The molecule has 90 valence electrons. The number of hydrogen-bond donors (Lipinski definition) is 1. The lowest BCUT2D eigenvalue weighted by molar-refractivity contribution is -0.124. The lowest BCUT2D eigenvalue weighted by Crippen LogP contribution is -2.32. The van der Waals surface area contributed by atoms with Crippen molar-refractivity contribution in [3.8, 4) is 0 Å². The van der Waals surface area contributed by atoms with Crippen molar-refractivity contribution in [1.29, 1.82) is 0 Å². The summed E-state index contributed by atoms with van der Waals surface area (Å²) in [6.45, 7) is 5.29. The van der Waals surface area contributed by atoms with Crippen LogP contribution < -0.4 is 5.32 Å². The molecule has 0 saturated carbocycles. The van der Waals surface area contributed by atoms with Crippen LogP contribution in [0.4, 0.5) is 0 Å². The second kappa shape index (κ2) is 6.53. The molecule has 16 heavy (non-hydrogen) atoms. The molecule has 1 rings (SSSR count). The molecular formula is C11H18ClN3O. The Hall–Kier alpha value is -1.03. The fraction of sp³-hybridized carbons (Fsp3) is 0.636. The van der Waals surface area contributed by atoms with Crippen molar-refractivity contribution in [2.45, 2.75) is 33.2 Å². The van der Waals surface area contributed by atoms with E-state index in [-0.39, 0.29) is 11.8 Å². The molecule has 0 spiro atoms. The minimum atomic E-state index is -0.0900. The normalized spacial score (nSPS) is 12.4. The Morgan fingerprint density at radius 2 is 2.44 bits per heavy atom. The summed E-state index contributed by atoms with van der Waals surface area (Å²) < 4.78 is 1.69. The summed E-state index contributed by atoms with van der Waals surface area (Å²) in [5.74, 6) is -0.0205. The summed E-state index contributed by atoms with van der Waals surface area (Å²) in [4.78, 5) is 11.6. The minimum absolute atomic E-state index is 0.0695. The number of unbranched alkanes of at least 4 members (excludes halogenated alkanes) is 1. The van der Waals surface area contributed by atoms with Gasteiger partial charge in [-0.3, -0.25) is 9.48 Å². The molecular weight excluding hydrogens is 226 g/mol. The molecule has 1 aromatic heterocycles. The number of aromatic nitrogens is 2. The van der Waals surface area contributed by atoms with Crippen molar-refractivity contribution in [1.82, 2.24) is 15.1 Å². The van der Waals surface area contributed by atoms with Crippen molar-refractivity contribution >= 4 is 17.5 Å². The monoisotopic (exact) mass is 243 g/mol. The molecule has 4 nitrogen and oxygen atoms in total. The van der Waals surface area contributed by atoms with Crippen LogP contribution in [0.5, 0.6) is 0 Å². The van der Waals surface area contributed by atoms with Crippen LogP contribution in [0, 0.1) is 5.92 Å². The van der Waals surface area contributed by atoms with E-state index in [4.69, 9.17) is 11.6 Å². The first-order valence-electron chi connectivity index (χ1n) is 5.59. The van der Waals surface area contributed by atoms with Crippen LogP contribution in [-0.2, 0) is 11.3 Å². The molecule has 0 radical (unpaired) electrons. The van der Waals surface area contributed by atoms with E-state index in [1.54, 1.807) is 17.1 Å². The maximum Gasteiger partial charge on any atom is 0.224 e. The zero-order chi connectivity index (χ0) is 12.0. The van der Waals surface area contributed by atoms with Gasteiger partial charge in [-0.2, -0.15) is 5.10 Å². The van der Waals surface area contributed by atoms with E-state index in [0.717, 1.165) is 19.4 Å². The predicted octanol–water partition coefficient (Wildman–Crippen LogP) is 2.09. The van der Waals surface area contributed by atoms with E-state index >= 15 is 0 Å². The van der Waals surface area contributed by atoms with Crippen LogP contribution >= 0.6 is 11.6 Å². The molecule has 0 unspecified atom stereocenters. The highest BCUT2D eigenvalue weighted by atomic mass is 35.5. The van der Waals surface area contributed by atoms with E-state index < -0.39 is 0 Å². The summed E-state index contributed by atoms with van der Waals surface area (Å²) in [5.41, 5.74) is 0. The predicted molar refractivity (Wildman–Crippen MR) is 64.3 cm³/mol. The van der Waals surface area contributed by atoms with Crippen LogP contribution in [0.15, 0.2) is 12.4 Å². The molecule has 1 amide bonds. The fourth-order valence-electron chi connectivity index (χ4n) is 1.36. The van der Waals surface area contributed by atoms with Crippen molar-refractivity contribution in [2.75, 3.05) is 6.54 Å². The maximum absolute atomic E-state index is 11.6. The van der Waals surface area contributed by atoms with Crippen molar-refractivity contribution in [2.24, 2.45) is 5.92 Å². The van der Waals surface area contributed by atoms with Gasteiger partial charge in [-0.1, -0.05) is 31.9 Å². The number of nitrogens with zero attached hydrogens (tertiary/aromatic N) is 2. The molecule has 1 atom stereocenters. The minimum Gasteiger partial charge on any atom is -0.356 e. The van der Waals surface area contributed by atoms with Gasteiger partial charge in [0.2, 0.25) is 5.91 Å². The van der Waals surface area contributed by atoms with E-state index in [9.17, 15) is 4.79 Å². The maximum atomic E-state index is 11.6. The average molecular weight is 244 g/mol. The Bertz CT molecular complexity index is 338. The lowest BCUT2D eigenvalue weighted by atomic mass is 10.1. The summed E-state index contributed by atoms with van der Waals surface area (Å²) in [5, 5.41) is 7.53. The Morgan fingerprint density at radius 1 is 1.69 bits per heavy atom. The molecule has 0 aliphatic heterocycles. The van der Waals surface area contributed by atoms with Gasteiger partial charge in [-0.15, -0.1) is 0 Å². The SMILES string of the molecule is CCCCNC(=O)[C@H](C)Cn1cc(Cl)cn1. The number of hydrogen-bond acceptors (Lipinski definition) is 2. The number of amides is 1. The topological polar surface area (TPSA) is 46.9 Å². The summed E-state index contributed by atoms with van der Waals surface area (Å²) in [6, 6.07) is 0. The van der Waals surface area contributed by atoms with Crippen LogP contribution in [0.2, 0.25) is 5.02 Å². The third kappa shape index (κ3) is 4.23. The first kappa shape index (κ1) is 13.0. The van der Waals surface area contributed by atoms with Gasteiger partial charge in [-0.05, 0) is 6.42 Å². The number of carbonyl (C=O) groups excluding carboxylic acids is 1. The summed E-state index contributed by atoms with van der Waals surface area (Å²) >= 11 is 5.74. The number of halogens is 1. The van der Waals surface area contributed by atoms with Gasteiger partial charge in [-0.25, -0.2) is 0 Å². The highest BCUT2D eigenvalue weighted by Gasteiger charge is 2.13. The molecule has 1 aromatic rings. The second-order valence-electron chi connectivity index (χ2n) is 3.93. The lowest BCUT2D eigenvalue weighted by Gasteiger charge is -2.11. The zero-order valence-corrected chi connectivity index (χ0v) is 10.5. The molecule has 0 bridgehead atoms. The quantitative estimate of drug-likeness (QED) is 0.778. The van der Waals surface area contributed by atoms with Crippen LogP contribution in [0.1, 0.15) is 26.7 Å². The van der Waals surface area contributed by atoms with Gasteiger partial charge in [0.25, 0.3) is 0 Å². The largest absolute Gasteiger partial charge is 0.356 e. The number of nitrogens with one attached hydrogen (secondary N) is 1. The van der Waals surface area contributed by atoms with Crippen molar-refractivity contribution in [3.63, 3.8) is 0 Å². The molecule has 0 saturated heterocycles. The zero-order valence-electron chi connectivity index (χ0n) is 9.74. The van der Waals surface area contributed by atoms with E-state index in [1.807, 2.05) is 6.92 Å². The van der Waals surface area contributed by atoms with Gasteiger partial charge in [0, 0.05) is 12.7 Å². The Balaban J connectivity index is 2.34. The Kier molecular flexibility index (Phi) is 5.32. The fourth-order valence-corrected chi connectivity index (χ4v) is 1.52. The van der Waals surface area contributed by atoms with Crippen molar-refractivity contribution < 1.29 is 4.79 Å². The summed E-state index contributed by atoms with van der Waals surface area (Å²) in [7, 11) is 0. The molecule has 0 fully saturated rings. The highest BCUT2D eigenvalue weighted by molar-refractivity contribution is 6.30. The van der Waals surface area contributed by atoms with Crippen LogP contribution in [0.3, 0.4) is 0 Å². The number of rotatable bonds is 6. The van der Waals surface area contributed by atoms with Crippen LogP contribution in [-0.4, -0.2) is 22.2 Å². The third-order valence-electron chi connectivity index (χ3n) is 2.34. The highest BCUT2D eigenvalue weighted by Crippen LogP contribution is 2.07. The molecule has 0 aromatic carbocycles. The van der Waals surface area contributed by atoms with Crippen LogP contribution in [0.25, 0.3) is 0 Å². The van der Waals surface area contributed by atoms with Gasteiger partial charge in [0.05, 0.1) is 23.7 Å². The third-order valence-corrected chi connectivity index (χ3v) is 2.53. The average Bonchev–Trinajstić information content (AvgIpc) is 2.64. The number of carbonyl (C=O) groups is 1. The molecule has 0 aliphatic rings.